The van der Waals surface area contributed by atoms with Crippen LogP contribution in [0.25, 0.3) is 98.0 Å². The number of fused-ring (bicyclic) bond motifs is 3. The average molecular weight is 735 g/mol. The van der Waals surface area contributed by atoms with Gasteiger partial charge in [0.1, 0.15) is 0 Å². The van der Waals surface area contributed by atoms with E-state index in [4.69, 9.17) is 0 Å². The second-order valence-corrected chi connectivity index (χ2v) is 19.9. The molecule has 0 saturated heterocycles. The third kappa shape index (κ3) is 4.80. The zero-order valence-corrected chi connectivity index (χ0v) is 35.0. The number of benzene rings is 10. The van der Waals surface area contributed by atoms with E-state index >= 15 is 0 Å². The molecule has 0 heterocycles. The Morgan fingerprint density at radius 3 is 1.28 bits per heavy atom. The van der Waals surface area contributed by atoms with Gasteiger partial charge < -0.3 is 0 Å². The monoisotopic (exact) mass is 734 g/mol. The molecule has 0 heteroatoms. The van der Waals surface area contributed by atoms with Crippen molar-refractivity contribution < 1.29 is 0 Å². The average Bonchev–Trinajstić information content (AvgIpc) is 3.40. The van der Waals surface area contributed by atoms with Gasteiger partial charge in [0.25, 0.3) is 0 Å². The highest BCUT2D eigenvalue weighted by molar-refractivity contribution is 6.27. The summed E-state index contributed by atoms with van der Waals surface area (Å²) in [6.07, 6.45) is 0. The van der Waals surface area contributed by atoms with Crippen LogP contribution < -0.4 is 0 Å². The Kier molecular flexibility index (Phi) is 6.80. The molecule has 10 aromatic rings. The molecule has 0 fully saturated rings. The van der Waals surface area contributed by atoms with Crippen molar-refractivity contribution in [1.82, 2.24) is 0 Å². The molecule has 10 aromatic carbocycles. The summed E-state index contributed by atoms with van der Waals surface area (Å²) in [6, 6.07) is 47.9. The lowest BCUT2D eigenvalue weighted by atomic mass is 9.79. The lowest BCUT2D eigenvalue weighted by Gasteiger charge is -2.24. The minimum Gasteiger partial charge on any atom is -0.0561 e. The van der Waals surface area contributed by atoms with Crippen LogP contribution in [0, 0.1) is 13.8 Å². The van der Waals surface area contributed by atoms with Gasteiger partial charge >= 0.3 is 0 Å². The van der Waals surface area contributed by atoms with E-state index in [0.717, 1.165) is 0 Å². The van der Waals surface area contributed by atoms with Crippen molar-refractivity contribution in [1.29, 1.82) is 0 Å². The Balaban J connectivity index is 1.05. The summed E-state index contributed by atoms with van der Waals surface area (Å²) in [5.74, 6) is 0. The van der Waals surface area contributed by atoms with Crippen molar-refractivity contribution >= 4 is 64.6 Å². The molecule has 1 aliphatic carbocycles. The van der Waals surface area contributed by atoms with E-state index in [1.165, 1.54) is 131 Å². The number of hydrogen-bond acceptors (Lipinski definition) is 0. The minimum atomic E-state index is -0.150. The SMILES string of the molecule is Cc1cc(-c2ccc3c(c2)C(C)(C)c2cc(-c4ccc5c(C)cc6cc(C(C)(C)C)cc7ccc4c5c76)ccc2-3)c2ccc3cc(C(C)(C)C)cc4ccc1c2c43. The molecule has 0 nitrogen and oxygen atoms in total. The van der Waals surface area contributed by atoms with Gasteiger partial charge in [-0.1, -0.05) is 165 Å². The fourth-order valence-electron chi connectivity index (χ4n) is 10.6. The molecule has 0 atom stereocenters. The quantitative estimate of drug-likeness (QED) is 0.155. The summed E-state index contributed by atoms with van der Waals surface area (Å²) in [7, 11) is 0. The molecule has 0 unspecified atom stereocenters. The fraction of sp³-hybridized carbons (Fsp3) is 0.228. The molecule has 1 aliphatic rings. The highest BCUT2D eigenvalue weighted by Gasteiger charge is 2.36. The van der Waals surface area contributed by atoms with E-state index in [-0.39, 0.29) is 16.2 Å². The van der Waals surface area contributed by atoms with Crippen LogP contribution in [0.4, 0.5) is 0 Å². The Morgan fingerprint density at radius 2 is 0.754 bits per heavy atom. The van der Waals surface area contributed by atoms with Crippen LogP contribution in [0.2, 0.25) is 0 Å². The maximum absolute atomic E-state index is 2.50. The predicted molar refractivity (Wildman–Crippen MR) is 249 cm³/mol. The molecule has 0 N–H and O–H groups in total. The normalized spacial score (nSPS) is 14.3. The van der Waals surface area contributed by atoms with E-state index < -0.39 is 0 Å². The van der Waals surface area contributed by atoms with Gasteiger partial charge in [-0.15, -0.1) is 0 Å². The zero-order chi connectivity index (χ0) is 39.5. The lowest BCUT2D eigenvalue weighted by Crippen LogP contribution is -2.15. The number of rotatable bonds is 2. The molecule has 0 amide bonds. The Morgan fingerprint density at radius 1 is 0.351 bits per heavy atom. The fourth-order valence-corrected chi connectivity index (χ4v) is 10.6. The van der Waals surface area contributed by atoms with Crippen LogP contribution >= 0.6 is 0 Å². The maximum atomic E-state index is 2.50. The van der Waals surface area contributed by atoms with Crippen molar-refractivity contribution in [2.45, 2.75) is 85.5 Å². The first kappa shape index (κ1) is 34.5. The smallest absolute Gasteiger partial charge is 0.0159 e. The third-order valence-corrected chi connectivity index (χ3v) is 13.9. The van der Waals surface area contributed by atoms with Crippen LogP contribution in [-0.4, -0.2) is 0 Å². The number of hydrogen-bond donors (Lipinski definition) is 0. The van der Waals surface area contributed by atoms with Crippen LogP contribution in [0.1, 0.15) is 88.8 Å². The van der Waals surface area contributed by atoms with Crippen LogP contribution in [0.15, 0.2) is 121 Å². The van der Waals surface area contributed by atoms with Gasteiger partial charge in [-0.25, -0.2) is 0 Å². The largest absolute Gasteiger partial charge is 0.0561 e. The van der Waals surface area contributed by atoms with E-state index in [1.54, 1.807) is 0 Å². The first-order valence-electron chi connectivity index (χ1n) is 20.8. The van der Waals surface area contributed by atoms with Gasteiger partial charge in [0, 0.05) is 5.41 Å². The molecule has 57 heavy (non-hydrogen) atoms. The Labute approximate surface area is 336 Å². The molecular weight excluding hydrogens is 685 g/mol. The van der Waals surface area contributed by atoms with Crippen LogP contribution in [-0.2, 0) is 16.2 Å². The minimum absolute atomic E-state index is 0.0940. The summed E-state index contributed by atoms with van der Waals surface area (Å²) in [4.78, 5) is 0. The molecule has 0 spiro atoms. The van der Waals surface area contributed by atoms with Gasteiger partial charge in [0.05, 0.1) is 0 Å². The van der Waals surface area contributed by atoms with Gasteiger partial charge in [-0.3, -0.25) is 0 Å². The van der Waals surface area contributed by atoms with Crippen LogP contribution in [0.5, 0.6) is 0 Å². The van der Waals surface area contributed by atoms with E-state index in [0.29, 0.717) is 0 Å². The predicted octanol–water partition coefficient (Wildman–Crippen LogP) is 16.3. The Bertz CT molecular complexity index is 3310. The van der Waals surface area contributed by atoms with Crippen molar-refractivity contribution in [3.63, 3.8) is 0 Å². The van der Waals surface area contributed by atoms with Crippen LogP contribution in [0.3, 0.4) is 0 Å². The standard InChI is InChI=1S/C57H50/c1-31-23-38-28-40(56(6,7)8)27-37-14-19-46-43(22-21-42(31)53(46)52(37)38)33-11-17-44-45-18-12-34(30-50(45)57(9,10)49(44)29-33)48-24-32(2)41-16-13-35-25-39(55(3,4)5)26-36-15-20-47(48)54(41)51(35)36/h11-30H,1-10H3. The third-order valence-electron chi connectivity index (χ3n) is 13.9. The van der Waals surface area contributed by atoms with Gasteiger partial charge in [0.15, 0.2) is 0 Å². The molecule has 0 aliphatic heterocycles. The maximum Gasteiger partial charge on any atom is 0.0159 e. The molecule has 0 radical (unpaired) electrons. The second-order valence-electron chi connectivity index (χ2n) is 19.9. The highest BCUT2D eigenvalue weighted by Crippen LogP contribution is 2.52. The summed E-state index contributed by atoms with van der Waals surface area (Å²) in [6.45, 7) is 23.3. The van der Waals surface area contributed by atoms with Gasteiger partial charge in [0.2, 0.25) is 0 Å². The lowest BCUT2D eigenvalue weighted by molar-refractivity contribution is 0.591. The molecule has 11 rings (SSSR count). The molecule has 278 valence electrons. The van der Waals surface area contributed by atoms with E-state index in [9.17, 15) is 0 Å². The first-order chi connectivity index (χ1) is 27.1. The van der Waals surface area contributed by atoms with Crippen molar-refractivity contribution in [2.24, 2.45) is 0 Å². The first-order valence-corrected chi connectivity index (χ1v) is 20.8. The summed E-state index contributed by atoms with van der Waals surface area (Å²) < 4.78 is 0. The Hall–Kier alpha value is -5.72. The number of aryl methyl sites for hydroxylation is 2. The molecule has 0 saturated carbocycles. The van der Waals surface area contributed by atoms with Gasteiger partial charge in [-0.05, 0) is 168 Å². The van der Waals surface area contributed by atoms with Crippen molar-refractivity contribution in [3.8, 4) is 33.4 Å². The van der Waals surface area contributed by atoms with Crippen molar-refractivity contribution in [2.75, 3.05) is 0 Å². The van der Waals surface area contributed by atoms with Gasteiger partial charge in [-0.2, -0.15) is 0 Å². The summed E-state index contributed by atoms with van der Waals surface area (Å²) >= 11 is 0. The highest BCUT2D eigenvalue weighted by atomic mass is 14.4. The van der Waals surface area contributed by atoms with Crippen molar-refractivity contribution in [3.05, 3.63) is 155 Å². The topological polar surface area (TPSA) is 0 Å². The summed E-state index contributed by atoms with van der Waals surface area (Å²) in [5.41, 5.74) is 16.2. The molecule has 0 aromatic heterocycles. The zero-order valence-electron chi connectivity index (χ0n) is 35.0. The molecule has 0 bridgehead atoms. The summed E-state index contributed by atoms with van der Waals surface area (Å²) in [5, 5.41) is 16.3. The molecular formula is C57H50. The second kappa shape index (κ2) is 11.2. The van der Waals surface area contributed by atoms with E-state index in [2.05, 4.69) is 191 Å². The van der Waals surface area contributed by atoms with E-state index in [1.807, 2.05) is 0 Å².